The molecule has 88 valence electrons. The highest BCUT2D eigenvalue weighted by atomic mass is 15.2. The van der Waals surface area contributed by atoms with Crippen LogP contribution >= 0.6 is 0 Å². The van der Waals surface area contributed by atoms with E-state index in [4.69, 9.17) is 0 Å². The molecule has 1 N–H and O–H groups in total. The van der Waals surface area contributed by atoms with Gasteiger partial charge in [-0.05, 0) is 45.3 Å². The van der Waals surface area contributed by atoms with Gasteiger partial charge in [-0.1, -0.05) is 26.2 Å². The van der Waals surface area contributed by atoms with Crippen molar-refractivity contribution >= 4 is 0 Å². The summed E-state index contributed by atoms with van der Waals surface area (Å²) in [7, 11) is 2.36. The molecule has 2 rings (SSSR count). The fraction of sp³-hybridized carbons (Fsp3) is 1.00. The lowest BCUT2D eigenvalue weighted by molar-refractivity contribution is 0.0836. The minimum Gasteiger partial charge on any atom is -0.316 e. The predicted molar refractivity (Wildman–Crippen MR) is 65.1 cm³/mol. The second-order valence-corrected chi connectivity index (χ2v) is 5.49. The van der Waals surface area contributed by atoms with Crippen molar-refractivity contribution in [1.82, 2.24) is 10.2 Å². The van der Waals surface area contributed by atoms with Crippen molar-refractivity contribution in [1.29, 1.82) is 0 Å². The smallest absolute Gasteiger partial charge is 0.0145 e. The number of hydrogen-bond acceptors (Lipinski definition) is 2. The Kier molecular flexibility index (Phi) is 4.04. The maximum absolute atomic E-state index is 3.50. The van der Waals surface area contributed by atoms with Crippen LogP contribution in [0.3, 0.4) is 0 Å². The number of piperidine rings is 1. The molecule has 1 saturated heterocycles. The van der Waals surface area contributed by atoms with Crippen molar-refractivity contribution in [3.8, 4) is 0 Å². The maximum Gasteiger partial charge on any atom is 0.0145 e. The van der Waals surface area contributed by atoms with Crippen LogP contribution in [0.5, 0.6) is 0 Å². The highest BCUT2D eigenvalue weighted by molar-refractivity contribution is 4.86. The first-order valence-corrected chi connectivity index (χ1v) is 6.71. The zero-order chi connectivity index (χ0) is 10.7. The van der Waals surface area contributed by atoms with Crippen molar-refractivity contribution in [3.63, 3.8) is 0 Å². The molecule has 2 aliphatic rings. The van der Waals surface area contributed by atoms with E-state index in [0.717, 1.165) is 18.0 Å². The number of hydrogen-bond donors (Lipinski definition) is 1. The average molecular weight is 210 g/mol. The Morgan fingerprint density at radius 2 is 1.80 bits per heavy atom. The summed E-state index contributed by atoms with van der Waals surface area (Å²) in [5.41, 5.74) is 0. The molecule has 0 radical (unpaired) electrons. The van der Waals surface area contributed by atoms with Crippen LogP contribution in [0.1, 0.15) is 45.4 Å². The lowest BCUT2D eigenvalue weighted by atomic mass is 9.88. The van der Waals surface area contributed by atoms with Crippen molar-refractivity contribution < 1.29 is 0 Å². The Bertz CT molecular complexity index is 187. The van der Waals surface area contributed by atoms with Gasteiger partial charge in [0.05, 0.1) is 0 Å². The third-order valence-corrected chi connectivity index (χ3v) is 4.41. The van der Waals surface area contributed by atoms with Crippen LogP contribution in [-0.4, -0.2) is 37.1 Å². The first kappa shape index (κ1) is 11.4. The molecule has 15 heavy (non-hydrogen) atoms. The summed E-state index contributed by atoms with van der Waals surface area (Å²) in [6.45, 7) is 4.82. The molecule has 0 amide bonds. The highest BCUT2D eigenvalue weighted by Gasteiger charge is 2.29. The Morgan fingerprint density at radius 1 is 1.07 bits per heavy atom. The minimum absolute atomic E-state index is 0.825. The molecule has 0 bridgehead atoms. The van der Waals surface area contributed by atoms with Crippen LogP contribution in [0.15, 0.2) is 0 Å². The summed E-state index contributed by atoms with van der Waals surface area (Å²) in [4.78, 5) is 2.70. The van der Waals surface area contributed by atoms with E-state index in [9.17, 15) is 0 Å². The first-order chi connectivity index (χ1) is 7.29. The minimum atomic E-state index is 0.825. The van der Waals surface area contributed by atoms with E-state index in [1.807, 2.05) is 0 Å². The standard InChI is InChI=1S/C13H26N2/c1-11-10-14-9-8-13(11)15(2)12-6-4-3-5-7-12/h11-14H,3-10H2,1-2H3. The summed E-state index contributed by atoms with van der Waals surface area (Å²) in [6.07, 6.45) is 8.59. The van der Waals surface area contributed by atoms with Crippen LogP contribution < -0.4 is 5.32 Å². The van der Waals surface area contributed by atoms with Gasteiger partial charge in [-0.25, -0.2) is 0 Å². The van der Waals surface area contributed by atoms with Gasteiger partial charge >= 0.3 is 0 Å². The lowest BCUT2D eigenvalue weighted by Crippen LogP contribution is -2.51. The van der Waals surface area contributed by atoms with Crippen LogP contribution in [0, 0.1) is 5.92 Å². The molecule has 2 nitrogen and oxygen atoms in total. The fourth-order valence-electron chi connectivity index (χ4n) is 3.36. The Hall–Kier alpha value is -0.0800. The molecule has 2 unspecified atom stereocenters. The van der Waals surface area contributed by atoms with Gasteiger partial charge in [-0.2, -0.15) is 0 Å². The SMILES string of the molecule is CC1CNCCC1N(C)C1CCCCC1. The van der Waals surface area contributed by atoms with E-state index in [0.29, 0.717) is 0 Å². The summed E-state index contributed by atoms with van der Waals surface area (Å²) in [5, 5.41) is 3.50. The van der Waals surface area contributed by atoms with Gasteiger partial charge in [0.1, 0.15) is 0 Å². The molecule has 0 aromatic carbocycles. The Labute approximate surface area is 94.4 Å². The number of rotatable bonds is 2. The van der Waals surface area contributed by atoms with Gasteiger partial charge in [0.25, 0.3) is 0 Å². The lowest BCUT2D eigenvalue weighted by Gasteiger charge is -2.42. The molecule has 1 aliphatic heterocycles. The molecule has 2 atom stereocenters. The molecular weight excluding hydrogens is 184 g/mol. The molecule has 1 heterocycles. The fourth-order valence-corrected chi connectivity index (χ4v) is 3.36. The normalized spacial score (nSPS) is 34.6. The van der Waals surface area contributed by atoms with Crippen molar-refractivity contribution in [2.75, 3.05) is 20.1 Å². The molecule has 0 aromatic rings. The second-order valence-electron chi connectivity index (χ2n) is 5.49. The summed E-state index contributed by atoms with van der Waals surface area (Å²) >= 11 is 0. The van der Waals surface area contributed by atoms with Gasteiger partial charge in [0.15, 0.2) is 0 Å². The molecule has 1 saturated carbocycles. The zero-order valence-corrected chi connectivity index (χ0v) is 10.3. The number of nitrogens with zero attached hydrogens (tertiary/aromatic N) is 1. The highest BCUT2D eigenvalue weighted by Crippen LogP contribution is 2.26. The van der Waals surface area contributed by atoms with E-state index in [-0.39, 0.29) is 0 Å². The molecular formula is C13H26N2. The van der Waals surface area contributed by atoms with Crippen molar-refractivity contribution in [2.24, 2.45) is 5.92 Å². The van der Waals surface area contributed by atoms with Crippen LogP contribution in [0.2, 0.25) is 0 Å². The largest absolute Gasteiger partial charge is 0.316 e. The molecule has 2 heteroatoms. The number of nitrogens with one attached hydrogen (secondary N) is 1. The molecule has 0 aromatic heterocycles. The van der Waals surface area contributed by atoms with E-state index >= 15 is 0 Å². The van der Waals surface area contributed by atoms with Crippen LogP contribution in [0.4, 0.5) is 0 Å². The maximum atomic E-state index is 3.50. The topological polar surface area (TPSA) is 15.3 Å². The first-order valence-electron chi connectivity index (χ1n) is 6.71. The van der Waals surface area contributed by atoms with Gasteiger partial charge in [-0.15, -0.1) is 0 Å². The van der Waals surface area contributed by atoms with Gasteiger partial charge in [0.2, 0.25) is 0 Å². The Morgan fingerprint density at radius 3 is 2.47 bits per heavy atom. The van der Waals surface area contributed by atoms with E-state index in [2.05, 4.69) is 24.2 Å². The monoisotopic (exact) mass is 210 g/mol. The van der Waals surface area contributed by atoms with Crippen LogP contribution in [0.25, 0.3) is 0 Å². The van der Waals surface area contributed by atoms with Crippen LogP contribution in [-0.2, 0) is 0 Å². The van der Waals surface area contributed by atoms with E-state index in [1.165, 1.54) is 51.6 Å². The molecule has 1 aliphatic carbocycles. The zero-order valence-electron chi connectivity index (χ0n) is 10.3. The third kappa shape index (κ3) is 2.73. The predicted octanol–water partition coefficient (Wildman–Crippen LogP) is 2.25. The summed E-state index contributed by atoms with van der Waals surface area (Å²) in [6, 6.07) is 1.71. The molecule has 0 spiro atoms. The van der Waals surface area contributed by atoms with Gasteiger partial charge in [-0.3, -0.25) is 0 Å². The van der Waals surface area contributed by atoms with E-state index in [1.54, 1.807) is 0 Å². The molecule has 2 fully saturated rings. The quantitative estimate of drug-likeness (QED) is 0.752. The van der Waals surface area contributed by atoms with Gasteiger partial charge < -0.3 is 10.2 Å². The van der Waals surface area contributed by atoms with Gasteiger partial charge in [0, 0.05) is 12.1 Å². The second kappa shape index (κ2) is 5.31. The van der Waals surface area contributed by atoms with Crippen molar-refractivity contribution in [2.45, 2.75) is 57.5 Å². The Balaban J connectivity index is 1.89. The van der Waals surface area contributed by atoms with E-state index < -0.39 is 0 Å². The summed E-state index contributed by atoms with van der Waals surface area (Å²) in [5.74, 6) is 0.825. The third-order valence-electron chi connectivity index (χ3n) is 4.41. The van der Waals surface area contributed by atoms with Crippen molar-refractivity contribution in [3.05, 3.63) is 0 Å². The summed E-state index contributed by atoms with van der Waals surface area (Å²) < 4.78 is 0. The average Bonchev–Trinajstić information content (AvgIpc) is 2.30.